The van der Waals surface area contributed by atoms with Gasteiger partial charge in [0, 0.05) is 0 Å². The molecule has 1 amide bonds. The Labute approximate surface area is 102 Å². The Bertz CT molecular complexity index is 443. The summed E-state index contributed by atoms with van der Waals surface area (Å²) in [5.74, 6) is -7.65. The van der Waals surface area contributed by atoms with Gasteiger partial charge in [0.15, 0.2) is 11.0 Å². The van der Waals surface area contributed by atoms with Crippen LogP contribution in [0.1, 0.15) is 0 Å². The van der Waals surface area contributed by atoms with Gasteiger partial charge in [0.25, 0.3) is 0 Å². The van der Waals surface area contributed by atoms with E-state index in [2.05, 4.69) is 9.97 Å². The van der Waals surface area contributed by atoms with Crippen molar-refractivity contribution in [2.24, 2.45) is 0 Å². The molecule has 17 heavy (non-hydrogen) atoms. The molecule has 1 aromatic heterocycles. The molecule has 1 rings (SSSR count). The average molecular weight is 292 g/mol. The van der Waals surface area contributed by atoms with E-state index in [9.17, 15) is 22.4 Å². The summed E-state index contributed by atoms with van der Waals surface area (Å²) in [7, 11) is 0. The summed E-state index contributed by atoms with van der Waals surface area (Å²) >= 11 is 10.9. The van der Waals surface area contributed by atoms with Gasteiger partial charge in [0.2, 0.25) is 0 Å². The van der Waals surface area contributed by atoms with Gasteiger partial charge in [-0.25, -0.2) is 18.7 Å². The van der Waals surface area contributed by atoms with E-state index < -0.39 is 29.1 Å². The van der Waals surface area contributed by atoms with Gasteiger partial charge in [0.1, 0.15) is 11.3 Å². The minimum absolute atomic E-state index is 0.308. The van der Waals surface area contributed by atoms with Gasteiger partial charge in [-0.1, -0.05) is 23.2 Å². The maximum absolute atomic E-state index is 12.6. The van der Waals surface area contributed by atoms with E-state index >= 15 is 0 Å². The van der Waals surface area contributed by atoms with Crippen molar-refractivity contribution in [2.45, 2.75) is 12.3 Å². The van der Waals surface area contributed by atoms with Crippen LogP contribution in [0.15, 0.2) is 6.33 Å². The number of anilines is 1. The molecule has 1 heterocycles. The summed E-state index contributed by atoms with van der Waals surface area (Å²) in [5, 5.41) is 0.705. The van der Waals surface area contributed by atoms with Crippen molar-refractivity contribution in [1.82, 2.24) is 9.97 Å². The van der Waals surface area contributed by atoms with Crippen LogP contribution in [-0.2, 0) is 4.79 Å². The molecule has 10 heteroatoms. The number of nitrogens with zero attached hydrogens (tertiary/aromatic N) is 2. The molecule has 0 aromatic carbocycles. The van der Waals surface area contributed by atoms with E-state index in [1.54, 1.807) is 0 Å². The predicted molar refractivity (Wildman–Crippen MR) is 51.6 cm³/mol. The first-order valence-electron chi connectivity index (χ1n) is 3.90. The number of nitrogens with one attached hydrogen (secondary N) is 1. The molecule has 0 aliphatic rings. The van der Waals surface area contributed by atoms with Crippen LogP contribution < -0.4 is 5.32 Å². The maximum Gasteiger partial charge on any atom is 0.383 e. The number of amides is 1. The largest absolute Gasteiger partial charge is 0.383 e. The normalized spacial score (nSPS) is 11.7. The summed E-state index contributed by atoms with van der Waals surface area (Å²) in [5.41, 5.74) is 0. The Balaban J connectivity index is 2.93. The fourth-order valence-electron chi connectivity index (χ4n) is 0.725. The third-order valence-electron chi connectivity index (χ3n) is 1.56. The molecule has 1 aromatic rings. The van der Waals surface area contributed by atoms with Gasteiger partial charge in [-0.15, -0.1) is 0 Å². The van der Waals surface area contributed by atoms with Crippen LogP contribution in [0.4, 0.5) is 23.4 Å². The standard InChI is InChI=1S/C7H3Cl2F4N3O/c8-2-3(9)14-1-15-4(2)16-6(17)7(12,13)5(10)11/h1,5H,(H,14,15,16,17). The van der Waals surface area contributed by atoms with Crippen LogP contribution in [-0.4, -0.2) is 28.2 Å². The molecular formula is C7H3Cl2F4N3O. The van der Waals surface area contributed by atoms with Crippen molar-refractivity contribution in [2.75, 3.05) is 5.32 Å². The van der Waals surface area contributed by atoms with E-state index in [0.29, 0.717) is 0 Å². The highest BCUT2D eigenvalue weighted by atomic mass is 35.5. The molecule has 4 nitrogen and oxygen atoms in total. The molecule has 0 unspecified atom stereocenters. The van der Waals surface area contributed by atoms with Gasteiger partial charge < -0.3 is 5.32 Å². The summed E-state index contributed by atoms with van der Waals surface area (Å²) in [6, 6.07) is 0. The Kier molecular flexibility index (Phi) is 4.10. The smallest absolute Gasteiger partial charge is 0.304 e. The number of hydrogen-bond donors (Lipinski definition) is 1. The highest BCUT2D eigenvalue weighted by Crippen LogP contribution is 2.28. The highest BCUT2D eigenvalue weighted by molar-refractivity contribution is 6.42. The van der Waals surface area contributed by atoms with Gasteiger partial charge >= 0.3 is 18.3 Å². The van der Waals surface area contributed by atoms with Crippen molar-refractivity contribution in [1.29, 1.82) is 0 Å². The first kappa shape index (κ1) is 13.9. The average Bonchev–Trinajstić information content (AvgIpc) is 2.24. The van der Waals surface area contributed by atoms with E-state index in [1.807, 2.05) is 0 Å². The Morgan fingerprint density at radius 3 is 2.47 bits per heavy atom. The lowest BCUT2D eigenvalue weighted by Gasteiger charge is -2.14. The van der Waals surface area contributed by atoms with Crippen LogP contribution in [0.5, 0.6) is 0 Å². The van der Waals surface area contributed by atoms with Crippen LogP contribution >= 0.6 is 23.2 Å². The zero-order chi connectivity index (χ0) is 13.2. The summed E-state index contributed by atoms with van der Waals surface area (Å²) < 4.78 is 48.8. The monoisotopic (exact) mass is 291 g/mol. The van der Waals surface area contributed by atoms with Gasteiger partial charge in [0.05, 0.1) is 0 Å². The Morgan fingerprint density at radius 2 is 1.94 bits per heavy atom. The fraction of sp³-hybridized carbons (Fsp3) is 0.286. The van der Waals surface area contributed by atoms with Crippen LogP contribution in [0.3, 0.4) is 0 Å². The van der Waals surface area contributed by atoms with E-state index in [-0.39, 0.29) is 5.15 Å². The van der Waals surface area contributed by atoms with Crippen molar-refractivity contribution in [3.05, 3.63) is 16.5 Å². The van der Waals surface area contributed by atoms with Crippen molar-refractivity contribution in [3.8, 4) is 0 Å². The van der Waals surface area contributed by atoms with Crippen molar-refractivity contribution < 1.29 is 22.4 Å². The fourth-order valence-corrected chi connectivity index (χ4v) is 1.00. The van der Waals surface area contributed by atoms with E-state index in [0.717, 1.165) is 6.33 Å². The lowest BCUT2D eigenvalue weighted by atomic mass is 10.3. The van der Waals surface area contributed by atoms with Crippen molar-refractivity contribution in [3.63, 3.8) is 0 Å². The minimum Gasteiger partial charge on any atom is -0.304 e. The molecule has 0 bridgehead atoms. The molecule has 0 fully saturated rings. The molecule has 0 saturated heterocycles. The molecule has 0 spiro atoms. The lowest BCUT2D eigenvalue weighted by molar-refractivity contribution is -0.163. The van der Waals surface area contributed by atoms with Crippen LogP contribution in [0.2, 0.25) is 10.2 Å². The van der Waals surface area contributed by atoms with Crippen LogP contribution in [0.25, 0.3) is 0 Å². The molecule has 0 saturated carbocycles. The van der Waals surface area contributed by atoms with Crippen LogP contribution in [0, 0.1) is 0 Å². The summed E-state index contributed by atoms with van der Waals surface area (Å²) in [6.07, 6.45) is -3.32. The third-order valence-corrected chi connectivity index (χ3v) is 2.30. The molecule has 1 N–H and O–H groups in total. The highest BCUT2D eigenvalue weighted by Gasteiger charge is 2.49. The SMILES string of the molecule is O=C(Nc1ncnc(Cl)c1Cl)C(F)(F)C(F)F. The second-order valence-electron chi connectivity index (χ2n) is 2.70. The second-order valence-corrected chi connectivity index (χ2v) is 3.44. The second kappa shape index (κ2) is 5.01. The number of hydrogen-bond acceptors (Lipinski definition) is 3. The number of rotatable bonds is 3. The van der Waals surface area contributed by atoms with Gasteiger partial charge in [-0.3, -0.25) is 4.79 Å². The van der Waals surface area contributed by atoms with Gasteiger partial charge in [-0.05, 0) is 0 Å². The molecular weight excluding hydrogens is 289 g/mol. The first-order chi connectivity index (χ1) is 7.76. The third kappa shape index (κ3) is 2.95. The minimum atomic E-state index is -4.85. The lowest BCUT2D eigenvalue weighted by Crippen LogP contribution is -2.41. The maximum atomic E-state index is 12.6. The first-order valence-corrected chi connectivity index (χ1v) is 4.65. The number of alkyl halides is 4. The summed E-state index contributed by atoms with van der Waals surface area (Å²) in [6.45, 7) is 0. The molecule has 0 aliphatic carbocycles. The molecule has 0 aliphatic heterocycles. The quantitative estimate of drug-likeness (QED) is 0.688. The zero-order valence-corrected chi connectivity index (χ0v) is 9.24. The van der Waals surface area contributed by atoms with Gasteiger partial charge in [-0.2, -0.15) is 8.78 Å². The number of aromatic nitrogens is 2. The van der Waals surface area contributed by atoms with Crippen molar-refractivity contribution >= 4 is 34.9 Å². The molecule has 0 radical (unpaired) electrons. The van der Waals surface area contributed by atoms with E-state index in [1.165, 1.54) is 5.32 Å². The Hall–Kier alpha value is -1.15. The predicted octanol–water partition coefficient (Wildman–Crippen LogP) is 2.62. The zero-order valence-electron chi connectivity index (χ0n) is 7.73. The molecule has 94 valence electrons. The Morgan fingerprint density at radius 1 is 1.35 bits per heavy atom. The van der Waals surface area contributed by atoms with E-state index in [4.69, 9.17) is 23.2 Å². The number of halogens is 6. The number of carbonyl (C=O) groups is 1. The number of carbonyl (C=O) groups excluding carboxylic acids is 1. The summed E-state index contributed by atoms with van der Waals surface area (Å²) in [4.78, 5) is 17.5. The topological polar surface area (TPSA) is 54.9 Å². The molecule has 0 atom stereocenters.